The first-order chi connectivity index (χ1) is 12.9. The molecule has 2 aromatic rings. The molecule has 0 unspecified atom stereocenters. The normalized spacial score (nSPS) is 19.0. The number of carbonyl (C=O) groups excluding carboxylic acids is 2. The number of hydrazine groups is 1. The number of anilines is 1. The summed E-state index contributed by atoms with van der Waals surface area (Å²) in [5.41, 5.74) is 4.73. The van der Waals surface area contributed by atoms with Crippen LogP contribution in [0.25, 0.3) is 0 Å². The summed E-state index contributed by atoms with van der Waals surface area (Å²) < 4.78 is 0. The number of amides is 3. The Hall–Kier alpha value is -2.93. The van der Waals surface area contributed by atoms with Crippen LogP contribution in [0, 0.1) is 6.92 Å². The van der Waals surface area contributed by atoms with Crippen molar-refractivity contribution in [1.82, 2.24) is 15.8 Å². The lowest BCUT2D eigenvalue weighted by molar-refractivity contribution is -0.132. The summed E-state index contributed by atoms with van der Waals surface area (Å²) in [6.07, 6.45) is 1.18. The summed E-state index contributed by atoms with van der Waals surface area (Å²) >= 11 is 5.23. The number of carbonyl (C=O) groups is 2. The topological polar surface area (TPSA) is 73.5 Å². The fraction of sp³-hybridized carbons (Fsp3) is 0.250. The highest BCUT2D eigenvalue weighted by atomic mass is 32.1. The Bertz CT molecular complexity index is 854. The molecular weight excluding hydrogens is 360 g/mol. The van der Waals surface area contributed by atoms with E-state index in [1.807, 2.05) is 61.5 Å². The van der Waals surface area contributed by atoms with Gasteiger partial charge < -0.3 is 10.6 Å². The van der Waals surface area contributed by atoms with Crippen molar-refractivity contribution in [2.75, 3.05) is 5.32 Å². The zero-order valence-electron chi connectivity index (χ0n) is 15.3. The SMILES string of the molecule is Cc1ccc(NC(=S)NN2C(=O)N[C@](C)(CCc3ccccc3)C2=O)cc1. The van der Waals surface area contributed by atoms with Crippen LogP contribution < -0.4 is 16.1 Å². The highest BCUT2D eigenvalue weighted by molar-refractivity contribution is 7.80. The van der Waals surface area contributed by atoms with Crippen LogP contribution in [0.15, 0.2) is 54.6 Å². The van der Waals surface area contributed by atoms with Gasteiger partial charge in [-0.2, -0.15) is 5.01 Å². The molecule has 0 spiro atoms. The molecule has 1 atom stereocenters. The highest BCUT2D eigenvalue weighted by Gasteiger charge is 2.48. The van der Waals surface area contributed by atoms with Gasteiger partial charge >= 0.3 is 6.03 Å². The molecule has 6 nitrogen and oxygen atoms in total. The van der Waals surface area contributed by atoms with Gasteiger partial charge in [-0.15, -0.1) is 0 Å². The van der Waals surface area contributed by atoms with E-state index in [9.17, 15) is 9.59 Å². The van der Waals surface area contributed by atoms with E-state index in [1.165, 1.54) is 0 Å². The second-order valence-electron chi connectivity index (χ2n) is 6.82. The molecule has 2 aromatic carbocycles. The van der Waals surface area contributed by atoms with Crippen molar-refractivity contribution in [1.29, 1.82) is 0 Å². The Balaban J connectivity index is 1.61. The molecule has 1 fully saturated rings. The number of rotatable bonds is 5. The second-order valence-corrected chi connectivity index (χ2v) is 7.23. The zero-order valence-corrected chi connectivity index (χ0v) is 16.1. The number of thiocarbonyl (C=S) groups is 1. The Morgan fingerprint density at radius 2 is 1.78 bits per heavy atom. The van der Waals surface area contributed by atoms with E-state index < -0.39 is 11.6 Å². The van der Waals surface area contributed by atoms with Crippen molar-refractivity contribution < 1.29 is 9.59 Å². The summed E-state index contributed by atoms with van der Waals surface area (Å²) in [5, 5.41) is 6.85. The second kappa shape index (κ2) is 7.75. The number of hydrogen-bond donors (Lipinski definition) is 3. The minimum atomic E-state index is -0.973. The number of urea groups is 1. The van der Waals surface area contributed by atoms with E-state index in [0.717, 1.165) is 21.8 Å². The predicted octanol–water partition coefficient (Wildman–Crippen LogP) is 3.14. The Morgan fingerprint density at radius 3 is 2.44 bits per heavy atom. The van der Waals surface area contributed by atoms with E-state index in [0.29, 0.717) is 12.8 Å². The van der Waals surface area contributed by atoms with Crippen LogP contribution >= 0.6 is 12.2 Å². The molecule has 27 heavy (non-hydrogen) atoms. The van der Waals surface area contributed by atoms with Crippen LogP contribution in [0.2, 0.25) is 0 Å². The fourth-order valence-electron chi connectivity index (χ4n) is 2.89. The molecule has 0 radical (unpaired) electrons. The summed E-state index contributed by atoms with van der Waals surface area (Å²) in [6.45, 7) is 3.72. The molecule has 140 valence electrons. The van der Waals surface area contributed by atoms with Crippen molar-refractivity contribution in [2.45, 2.75) is 32.2 Å². The monoisotopic (exact) mass is 382 g/mol. The van der Waals surface area contributed by atoms with E-state index in [-0.39, 0.29) is 11.0 Å². The van der Waals surface area contributed by atoms with Crippen LogP contribution in [-0.4, -0.2) is 27.6 Å². The molecule has 3 rings (SSSR count). The van der Waals surface area contributed by atoms with Crippen molar-refractivity contribution in [3.8, 4) is 0 Å². The fourth-order valence-corrected chi connectivity index (χ4v) is 3.10. The molecule has 1 saturated heterocycles. The summed E-state index contributed by atoms with van der Waals surface area (Å²) in [4.78, 5) is 25.1. The molecule has 0 bridgehead atoms. The maximum Gasteiger partial charge on any atom is 0.344 e. The van der Waals surface area contributed by atoms with Crippen LogP contribution in [-0.2, 0) is 11.2 Å². The molecular formula is C20H22N4O2S. The standard InChI is InChI=1S/C20H22N4O2S/c1-14-8-10-16(11-9-14)21-18(27)23-24-17(25)20(2,22-19(24)26)13-12-15-6-4-3-5-7-15/h3-11H,12-13H2,1-2H3,(H,22,26)(H2,21,23,27)/t20-/m1/s1. The smallest absolute Gasteiger partial charge is 0.331 e. The summed E-state index contributed by atoms with van der Waals surface area (Å²) in [5.74, 6) is -0.350. The van der Waals surface area contributed by atoms with Gasteiger partial charge in [-0.05, 0) is 56.6 Å². The Kier molecular flexibility index (Phi) is 5.41. The molecule has 0 aliphatic carbocycles. The maximum absolute atomic E-state index is 12.8. The van der Waals surface area contributed by atoms with E-state index in [1.54, 1.807) is 6.92 Å². The number of nitrogens with zero attached hydrogens (tertiary/aromatic N) is 1. The van der Waals surface area contributed by atoms with Gasteiger partial charge in [0.15, 0.2) is 5.11 Å². The van der Waals surface area contributed by atoms with Gasteiger partial charge in [0.1, 0.15) is 5.54 Å². The lowest BCUT2D eigenvalue weighted by Crippen LogP contribution is -2.50. The quantitative estimate of drug-likeness (QED) is 0.547. The Morgan fingerprint density at radius 1 is 1.11 bits per heavy atom. The highest BCUT2D eigenvalue weighted by Crippen LogP contribution is 2.22. The molecule has 3 amide bonds. The van der Waals surface area contributed by atoms with Crippen LogP contribution in [0.4, 0.5) is 10.5 Å². The van der Waals surface area contributed by atoms with E-state index in [2.05, 4.69) is 16.1 Å². The third kappa shape index (κ3) is 4.43. The van der Waals surface area contributed by atoms with Gasteiger partial charge in [-0.3, -0.25) is 10.2 Å². The van der Waals surface area contributed by atoms with Crippen molar-refractivity contribution in [3.05, 3.63) is 65.7 Å². The number of hydrogen-bond acceptors (Lipinski definition) is 3. The predicted molar refractivity (Wildman–Crippen MR) is 109 cm³/mol. The van der Waals surface area contributed by atoms with Gasteiger partial charge in [0.05, 0.1) is 0 Å². The minimum absolute atomic E-state index is 0.176. The zero-order chi connectivity index (χ0) is 19.4. The van der Waals surface area contributed by atoms with Crippen LogP contribution in [0.1, 0.15) is 24.5 Å². The molecule has 1 aliphatic heterocycles. The largest absolute Gasteiger partial charge is 0.344 e. The first kappa shape index (κ1) is 18.8. The minimum Gasteiger partial charge on any atom is -0.331 e. The van der Waals surface area contributed by atoms with E-state index >= 15 is 0 Å². The third-order valence-electron chi connectivity index (χ3n) is 4.54. The van der Waals surface area contributed by atoms with Gasteiger partial charge in [-0.1, -0.05) is 48.0 Å². The van der Waals surface area contributed by atoms with Crippen LogP contribution in [0.3, 0.4) is 0 Å². The molecule has 0 saturated carbocycles. The van der Waals surface area contributed by atoms with Gasteiger partial charge in [0.2, 0.25) is 0 Å². The van der Waals surface area contributed by atoms with Gasteiger partial charge in [0, 0.05) is 5.69 Å². The van der Waals surface area contributed by atoms with Crippen molar-refractivity contribution in [3.63, 3.8) is 0 Å². The molecule has 7 heteroatoms. The van der Waals surface area contributed by atoms with E-state index in [4.69, 9.17) is 12.2 Å². The van der Waals surface area contributed by atoms with Gasteiger partial charge in [-0.25, -0.2) is 4.79 Å². The molecule has 3 N–H and O–H groups in total. The summed E-state index contributed by atoms with van der Waals surface area (Å²) in [7, 11) is 0. The first-order valence-corrected chi connectivity index (χ1v) is 9.13. The lowest BCUT2D eigenvalue weighted by Gasteiger charge is -2.22. The number of aryl methyl sites for hydroxylation is 2. The van der Waals surface area contributed by atoms with Crippen molar-refractivity contribution in [2.24, 2.45) is 0 Å². The first-order valence-electron chi connectivity index (χ1n) is 8.72. The third-order valence-corrected chi connectivity index (χ3v) is 4.73. The average molecular weight is 382 g/mol. The van der Waals surface area contributed by atoms with Gasteiger partial charge in [0.25, 0.3) is 5.91 Å². The molecule has 1 aliphatic rings. The van der Waals surface area contributed by atoms with Crippen LogP contribution in [0.5, 0.6) is 0 Å². The Labute approximate surface area is 163 Å². The number of nitrogens with one attached hydrogen (secondary N) is 3. The van der Waals surface area contributed by atoms with Crippen molar-refractivity contribution >= 4 is 35.0 Å². The molecule has 0 aromatic heterocycles. The maximum atomic E-state index is 12.8. The average Bonchev–Trinajstić information content (AvgIpc) is 2.86. The lowest BCUT2D eigenvalue weighted by atomic mass is 9.93. The number of imide groups is 1. The molecule has 1 heterocycles. The summed E-state index contributed by atoms with van der Waals surface area (Å²) in [6, 6.07) is 17.0. The number of benzene rings is 2.